The molecule has 2 aliphatic rings. The first-order valence-electron chi connectivity index (χ1n) is 10.8. The predicted octanol–water partition coefficient (Wildman–Crippen LogP) is 5.75. The molecule has 0 aromatic heterocycles. The van der Waals surface area contributed by atoms with Crippen LogP contribution in [0.25, 0.3) is 0 Å². The van der Waals surface area contributed by atoms with Gasteiger partial charge < -0.3 is 5.32 Å². The van der Waals surface area contributed by atoms with E-state index in [2.05, 4.69) is 5.32 Å². The van der Waals surface area contributed by atoms with Crippen molar-refractivity contribution in [3.8, 4) is 0 Å². The fraction of sp³-hybridized carbons (Fsp3) is 0.185. The lowest BCUT2D eigenvalue weighted by atomic mass is 9.78. The van der Waals surface area contributed by atoms with Gasteiger partial charge in [0.05, 0.1) is 17.4 Å². The molecule has 1 aliphatic heterocycles. The van der Waals surface area contributed by atoms with Gasteiger partial charge in [-0.15, -0.1) is 0 Å². The maximum Gasteiger partial charge on any atom is 0.224 e. The molecule has 0 spiro atoms. The maximum atomic E-state index is 14.2. The van der Waals surface area contributed by atoms with Crippen LogP contribution in [0.2, 0.25) is 0 Å². The summed E-state index contributed by atoms with van der Waals surface area (Å²) in [5.41, 5.74) is 4.45. The number of hydrogen-bond donors (Lipinski definition) is 1. The quantitative estimate of drug-likeness (QED) is 0.568. The second kappa shape index (κ2) is 8.08. The Morgan fingerprint density at radius 1 is 0.938 bits per heavy atom. The molecule has 2 atom stereocenters. The minimum Gasteiger partial charge on any atom is -0.357 e. The highest BCUT2D eigenvalue weighted by Crippen LogP contribution is 2.47. The standard InChI is InChI=1S/C27H23FN2O2/c1-17(31)30-24-13-6-5-12-22(24)29-23-15-20(18-8-3-2-4-9-18)16-25(32)26(23)27(30)19-10-7-11-21(28)14-19/h2-14,20,27,29H,15-16H2,1H3/t20-,27+/m0/s1. The van der Waals surface area contributed by atoms with Crippen LogP contribution >= 0.6 is 0 Å². The summed E-state index contributed by atoms with van der Waals surface area (Å²) in [5, 5.41) is 3.46. The van der Waals surface area contributed by atoms with Gasteiger partial charge in [-0.3, -0.25) is 14.5 Å². The molecule has 5 rings (SSSR count). The molecule has 0 saturated carbocycles. The number of Topliss-reactive ketones (excluding diaryl/α,β-unsaturated/α-hetero) is 1. The molecular formula is C27H23FN2O2. The van der Waals surface area contributed by atoms with Crippen molar-refractivity contribution in [2.24, 2.45) is 0 Å². The van der Waals surface area contributed by atoms with E-state index in [4.69, 9.17) is 0 Å². The van der Waals surface area contributed by atoms with Gasteiger partial charge in [0.15, 0.2) is 5.78 Å². The van der Waals surface area contributed by atoms with E-state index in [1.54, 1.807) is 17.0 Å². The summed E-state index contributed by atoms with van der Waals surface area (Å²) < 4.78 is 14.2. The molecule has 32 heavy (non-hydrogen) atoms. The summed E-state index contributed by atoms with van der Waals surface area (Å²) in [7, 11) is 0. The lowest BCUT2D eigenvalue weighted by Gasteiger charge is -2.34. The molecule has 0 unspecified atom stereocenters. The average molecular weight is 426 g/mol. The van der Waals surface area contributed by atoms with Crippen molar-refractivity contribution in [2.45, 2.75) is 31.7 Å². The number of halogens is 1. The number of allylic oxidation sites excluding steroid dienone is 1. The second-order valence-corrected chi connectivity index (χ2v) is 8.32. The van der Waals surface area contributed by atoms with E-state index >= 15 is 0 Å². The van der Waals surface area contributed by atoms with Crippen LogP contribution in [0, 0.1) is 5.82 Å². The predicted molar refractivity (Wildman–Crippen MR) is 123 cm³/mol. The summed E-state index contributed by atoms with van der Waals surface area (Å²) >= 11 is 0. The number of anilines is 2. The second-order valence-electron chi connectivity index (χ2n) is 8.32. The molecule has 160 valence electrons. The van der Waals surface area contributed by atoms with Crippen LogP contribution in [0.4, 0.5) is 15.8 Å². The van der Waals surface area contributed by atoms with Crippen molar-refractivity contribution in [3.05, 3.63) is 107 Å². The zero-order valence-corrected chi connectivity index (χ0v) is 17.7. The Morgan fingerprint density at radius 2 is 1.66 bits per heavy atom. The van der Waals surface area contributed by atoms with Gasteiger partial charge in [0.1, 0.15) is 5.82 Å². The minimum atomic E-state index is -0.696. The van der Waals surface area contributed by atoms with E-state index in [9.17, 15) is 14.0 Å². The molecule has 1 N–H and O–H groups in total. The Morgan fingerprint density at radius 3 is 2.41 bits per heavy atom. The van der Waals surface area contributed by atoms with Crippen LogP contribution in [0.5, 0.6) is 0 Å². The normalized spacial score (nSPS) is 20.2. The van der Waals surface area contributed by atoms with E-state index in [0.29, 0.717) is 29.7 Å². The highest BCUT2D eigenvalue weighted by Gasteiger charge is 2.40. The molecule has 1 amide bonds. The number of hydrogen-bond acceptors (Lipinski definition) is 3. The Labute approximate surface area is 186 Å². The van der Waals surface area contributed by atoms with Gasteiger partial charge in [0, 0.05) is 24.6 Å². The van der Waals surface area contributed by atoms with E-state index in [0.717, 1.165) is 16.9 Å². The van der Waals surface area contributed by atoms with Crippen molar-refractivity contribution >= 4 is 23.1 Å². The minimum absolute atomic E-state index is 0.0269. The van der Waals surface area contributed by atoms with Gasteiger partial charge in [-0.2, -0.15) is 0 Å². The van der Waals surface area contributed by atoms with Gasteiger partial charge in [-0.25, -0.2) is 4.39 Å². The zero-order valence-electron chi connectivity index (χ0n) is 17.7. The number of amides is 1. The van der Waals surface area contributed by atoms with Crippen LogP contribution in [0.3, 0.4) is 0 Å². The maximum absolute atomic E-state index is 14.2. The highest BCUT2D eigenvalue weighted by atomic mass is 19.1. The molecule has 1 heterocycles. The summed E-state index contributed by atoms with van der Waals surface area (Å²) in [6.07, 6.45) is 0.982. The first kappa shape index (κ1) is 20.2. The fourth-order valence-electron chi connectivity index (χ4n) is 4.89. The van der Waals surface area contributed by atoms with Crippen LogP contribution in [-0.4, -0.2) is 11.7 Å². The van der Waals surface area contributed by atoms with Gasteiger partial charge in [0.25, 0.3) is 0 Å². The number of rotatable bonds is 2. The van der Waals surface area contributed by atoms with Crippen LogP contribution in [-0.2, 0) is 9.59 Å². The summed E-state index contributed by atoms with van der Waals surface area (Å²) in [5.74, 6) is -0.593. The molecule has 5 heteroatoms. The third-order valence-electron chi connectivity index (χ3n) is 6.26. The third-order valence-corrected chi connectivity index (χ3v) is 6.26. The number of para-hydroxylation sites is 2. The average Bonchev–Trinajstić information content (AvgIpc) is 2.94. The zero-order chi connectivity index (χ0) is 22.2. The number of carbonyl (C=O) groups excluding carboxylic acids is 2. The lowest BCUT2D eigenvalue weighted by Crippen LogP contribution is -2.37. The van der Waals surface area contributed by atoms with Gasteiger partial charge in [0.2, 0.25) is 5.91 Å². The van der Waals surface area contributed by atoms with E-state index in [1.807, 2.05) is 54.6 Å². The summed E-state index contributed by atoms with van der Waals surface area (Å²) in [6.45, 7) is 1.48. The van der Waals surface area contributed by atoms with Gasteiger partial charge in [-0.1, -0.05) is 54.6 Å². The van der Waals surface area contributed by atoms with Crippen LogP contribution < -0.4 is 10.2 Å². The van der Waals surface area contributed by atoms with E-state index in [1.165, 1.54) is 19.1 Å². The Bertz CT molecular complexity index is 1240. The molecule has 0 fully saturated rings. The number of nitrogens with zero attached hydrogens (tertiary/aromatic N) is 1. The van der Waals surface area contributed by atoms with Crippen molar-refractivity contribution in [1.82, 2.24) is 0 Å². The number of fused-ring (bicyclic) bond motifs is 1. The molecule has 0 saturated heterocycles. The van der Waals surface area contributed by atoms with E-state index in [-0.39, 0.29) is 17.6 Å². The first-order valence-corrected chi connectivity index (χ1v) is 10.8. The molecular weight excluding hydrogens is 403 g/mol. The largest absolute Gasteiger partial charge is 0.357 e. The molecule has 1 aliphatic carbocycles. The van der Waals surface area contributed by atoms with Gasteiger partial charge in [-0.05, 0) is 47.7 Å². The van der Waals surface area contributed by atoms with Crippen molar-refractivity contribution in [1.29, 1.82) is 0 Å². The molecule has 0 radical (unpaired) electrons. The highest BCUT2D eigenvalue weighted by molar-refractivity contribution is 6.05. The lowest BCUT2D eigenvalue weighted by molar-refractivity contribution is -0.117. The molecule has 3 aromatic carbocycles. The topological polar surface area (TPSA) is 49.4 Å². The van der Waals surface area contributed by atoms with Crippen LogP contribution in [0.15, 0.2) is 90.1 Å². The fourth-order valence-corrected chi connectivity index (χ4v) is 4.89. The van der Waals surface area contributed by atoms with Crippen molar-refractivity contribution < 1.29 is 14.0 Å². The third kappa shape index (κ3) is 3.50. The van der Waals surface area contributed by atoms with Crippen LogP contribution in [0.1, 0.15) is 42.9 Å². The van der Waals surface area contributed by atoms with Crippen molar-refractivity contribution in [3.63, 3.8) is 0 Å². The van der Waals surface area contributed by atoms with Crippen molar-refractivity contribution in [2.75, 3.05) is 10.2 Å². The molecule has 0 bridgehead atoms. The first-order chi connectivity index (χ1) is 15.5. The molecule has 3 aromatic rings. The number of nitrogens with one attached hydrogen (secondary N) is 1. The molecule has 4 nitrogen and oxygen atoms in total. The summed E-state index contributed by atoms with van der Waals surface area (Å²) in [4.78, 5) is 28.2. The number of benzene rings is 3. The SMILES string of the molecule is CC(=O)N1c2ccccc2NC2=C(C(=O)C[C@@H](c3ccccc3)C2)[C@H]1c1cccc(F)c1. The smallest absolute Gasteiger partial charge is 0.224 e. The monoisotopic (exact) mass is 426 g/mol. The Kier molecular flexibility index (Phi) is 5.10. The number of ketones is 1. The van der Waals surface area contributed by atoms with E-state index < -0.39 is 11.9 Å². The Hall–Kier alpha value is -3.73. The Balaban J connectivity index is 1.72. The number of carbonyl (C=O) groups is 2. The summed E-state index contributed by atoms with van der Waals surface area (Å²) in [6, 6.07) is 23.0. The van der Waals surface area contributed by atoms with Gasteiger partial charge >= 0.3 is 0 Å².